The lowest BCUT2D eigenvalue weighted by Gasteiger charge is -2.07. The third kappa shape index (κ3) is 2.54. The molecule has 6 nitrogen and oxygen atoms in total. The van der Waals surface area contributed by atoms with Crippen molar-refractivity contribution in [3.05, 3.63) is 42.4 Å². The number of aromatic nitrogens is 2. The smallest absolute Gasteiger partial charge is 0.340 e. The number of nitrogens with two attached hydrogens (primary N) is 1. The van der Waals surface area contributed by atoms with E-state index in [4.69, 9.17) is 10.5 Å². The molecule has 0 aliphatic carbocycles. The molecule has 0 radical (unpaired) electrons. The number of nitrogen functional groups attached to an aromatic ring is 1. The van der Waals surface area contributed by atoms with Crippen molar-refractivity contribution in [2.45, 2.75) is 0 Å². The number of ether oxygens (including phenoxy) is 2. The number of anilines is 1. The first kappa shape index (κ1) is 11.8. The molecule has 0 atom stereocenters. The largest absolute Gasteiger partial charge is 0.465 e. The first-order chi connectivity index (χ1) is 8.70. The summed E-state index contributed by atoms with van der Waals surface area (Å²) in [7, 11) is 1.28. The van der Waals surface area contributed by atoms with E-state index >= 15 is 0 Å². The third-order valence-electron chi connectivity index (χ3n) is 2.17. The summed E-state index contributed by atoms with van der Waals surface area (Å²) in [5.41, 5.74) is 6.08. The van der Waals surface area contributed by atoms with Crippen molar-refractivity contribution in [2.24, 2.45) is 0 Å². The number of carbonyl (C=O) groups is 1. The van der Waals surface area contributed by atoms with E-state index in [0.29, 0.717) is 5.75 Å². The van der Waals surface area contributed by atoms with Gasteiger partial charge in [-0.3, -0.25) is 4.98 Å². The van der Waals surface area contributed by atoms with Crippen LogP contribution in [0.5, 0.6) is 11.6 Å². The summed E-state index contributed by atoms with van der Waals surface area (Å²) in [6, 6.07) is 4.88. The van der Waals surface area contributed by atoms with Gasteiger partial charge in [-0.25, -0.2) is 9.78 Å². The molecule has 0 aromatic carbocycles. The molecule has 0 bridgehead atoms. The van der Waals surface area contributed by atoms with Crippen molar-refractivity contribution in [1.82, 2.24) is 9.97 Å². The monoisotopic (exact) mass is 245 g/mol. The molecule has 0 aliphatic heterocycles. The Balaban J connectivity index is 2.27. The van der Waals surface area contributed by atoms with Crippen molar-refractivity contribution in [2.75, 3.05) is 12.8 Å². The molecule has 0 saturated heterocycles. The minimum absolute atomic E-state index is 0.214. The molecule has 18 heavy (non-hydrogen) atoms. The van der Waals surface area contributed by atoms with Gasteiger partial charge in [0.15, 0.2) is 0 Å². The number of methoxy groups -OCH3 is 1. The van der Waals surface area contributed by atoms with Gasteiger partial charge in [0.25, 0.3) is 0 Å². The number of pyridine rings is 2. The Morgan fingerprint density at radius 3 is 2.89 bits per heavy atom. The zero-order chi connectivity index (χ0) is 13.0. The Hall–Kier alpha value is -2.63. The zero-order valence-corrected chi connectivity index (χ0v) is 9.66. The van der Waals surface area contributed by atoms with Gasteiger partial charge < -0.3 is 15.2 Å². The fourth-order valence-corrected chi connectivity index (χ4v) is 1.32. The second-order valence-corrected chi connectivity index (χ2v) is 3.39. The van der Waals surface area contributed by atoms with Gasteiger partial charge in [-0.2, -0.15) is 0 Å². The second kappa shape index (κ2) is 5.13. The van der Waals surface area contributed by atoms with Crippen LogP contribution in [0.1, 0.15) is 10.4 Å². The molecule has 0 aliphatic rings. The summed E-state index contributed by atoms with van der Waals surface area (Å²) in [5.74, 6) is 0.231. The fraction of sp³-hybridized carbons (Fsp3) is 0.0833. The average molecular weight is 245 g/mol. The Morgan fingerprint density at radius 1 is 1.39 bits per heavy atom. The lowest BCUT2D eigenvalue weighted by molar-refractivity contribution is 0.0601. The van der Waals surface area contributed by atoms with Gasteiger partial charge in [-0.05, 0) is 12.1 Å². The van der Waals surface area contributed by atoms with Gasteiger partial charge in [0.1, 0.15) is 5.75 Å². The highest BCUT2D eigenvalue weighted by atomic mass is 16.5. The summed E-state index contributed by atoms with van der Waals surface area (Å²) in [6.07, 6.45) is 4.51. The molecular formula is C12H11N3O3. The highest BCUT2D eigenvalue weighted by Crippen LogP contribution is 2.22. The molecular weight excluding hydrogens is 234 g/mol. The van der Waals surface area contributed by atoms with Crippen molar-refractivity contribution in [3.8, 4) is 11.6 Å². The van der Waals surface area contributed by atoms with Crippen LogP contribution in [0, 0.1) is 0 Å². The minimum Gasteiger partial charge on any atom is -0.465 e. The molecule has 2 aromatic rings. The van der Waals surface area contributed by atoms with Crippen LogP contribution < -0.4 is 10.5 Å². The maximum absolute atomic E-state index is 11.4. The van der Waals surface area contributed by atoms with Crippen LogP contribution in [0.4, 0.5) is 5.69 Å². The predicted octanol–water partition coefficient (Wildman–Crippen LogP) is 1.64. The maximum atomic E-state index is 11.4. The van der Waals surface area contributed by atoms with Crippen LogP contribution in [-0.2, 0) is 4.74 Å². The minimum atomic E-state index is -0.536. The molecule has 2 aromatic heterocycles. The van der Waals surface area contributed by atoms with Gasteiger partial charge in [-0.1, -0.05) is 0 Å². The van der Waals surface area contributed by atoms with Gasteiger partial charge in [0, 0.05) is 12.3 Å². The number of hydrogen-bond donors (Lipinski definition) is 1. The molecule has 0 amide bonds. The highest BCUT2D eigenvalue weighted by molar-refractivity contribution is 5.95. The third-order valence-corrected chi connectivity index (χ3v) is 2.17. The van der Waals surface area contributed by atoms with Gasteiger partial charge in [-0.15, -0.1) is 0 Å². The highest BCUT2D eigenvalue weighted by Gasteiger charge is 2.12. The Kier molecular flexibility index (Phi) is 3.38. The van der Waals surface area contributed by atoms with Crippen LogP contribution in [0.3, 0.4) is 0 Å². The lowest BCUT2D eigenvalue weighted by atomic mass is 10.2. The summed E-state index contributed by atoms with van der Waals surface area (Å²) < 4.78 is 10.0. The maximum Gasteiger partial charge on any atom is 0.340 e. The zero-order valence-electron chi connectivity index (χ0n) is 9.66. The van der Waals surface area contributed by atoms with E-state index in [1.54, 1.807) is 18.3 Å². The average Bonchev–Trinajstić information content (AvgIpc) is 2.41. The molecule has 0 unspecified atom stereocenters. The Morgan fingerprint density at radius 2 is 2.22 bits per heavy atom. The second-order valence-electron chi connectivity index (χ2n) is 3.39. The summed E-state index contributed by atoms with van der Waals surface area (Å²) in [4.78, 5) is 19.3. The number of carbonyl (C=O) groups excluding carboxylic acids is 1. The standard InChI is InChI=1S/C12H11N3O3/c1-17-12(16)9-5-11(15-7-10(9)13)18-8-3-2-4-14-6-8/h2-7H,13H2,1H3. The van der Waals surface area contributed by atoms with E-state index in [1.165, 1.54) is 25.6 Å². The van der Waals surface area contributed by atoms with Gasteiger partial charge >= 0.3 is 5.97 Å². The Bertz CT molecular complexity index is 558. The van der Waals surface area contributed by atoms with E-state index in [2.05, 4.69) is 14.7 Å². The van der Waals surface area contributed by atoms with Gasteiger partial charge in [0.05, 0.1) is 30.8 Å². The molecule has 0 spiro atoms. The van der Waals surface area contributed by atoms with Crippen LogP contribution in [0.25, 0.3) is 0 Å². The van der Waals surface area contributed by atoms with Crippen molar-refractivity contribution in [1.29, 1.82) is 0 Å². The number of rotatable bonds is 3. The number of hydrogen-bond acceptors (Lipinski definition) is 6. The molecule has 2 heterocycles. The molecule has 92 valence electrons. The van der Waals surface area contributed by atoms with E-state index in [0.717, 1.165) is 0 Å². The van der Waals surface area contributed by atoms with Crippen LogP contribution in [0.2, 0.25) is 0 Å². The van der Waals surface area contributed by atoms with Crippen LogP contribution >= 0.6 is 0 Å². The van der Waals surface area contributed by atoms with E-state index in [-0.39, 0.29) is 17.1 Å². The van der Waals surface area contributed by atoms with Gasteiger partial charge in [0.2, 0.25) is 5.88 Å². The summed E-state index contributed by atoms with van der Waals surface area (Å²) >= 11 is 0. The quantitative estimate of drug-likeness (QED) is 0.827. The lowest BCUT2D eigenvalue weighted by Crippen LogP contribution is -2.06. The predicted molar refractivity (Wildman–Crippen MR) is 64.3 cm³/mol. The first-order valence-electron chi connectivity index (χ1n) is 5.12. The fourth-order valence-electron chi connectivity index (χ4n) is 1.32. The molecule has 2 N–H and O–H groups in total. The van der Waals surface area contributed by atoms with Crippen molar-refractivity contribution in [3.63, 3.8) is 0 Å². The van der Waals surface area contributed by atoms with Crippen molar-refractivity contribution >= 4 is 11.7 Å². The molecule has 6 heteroatoms. The number of nitrogens with zero attached hydrogens (tertiary/aromatic N) is 2. The van der Waals surface area contributed by atoms with E-state index in [9.17, 15) is 4.79 Å². The van der Waals surface area contributed by atoms with E-state index in [1.807, 2.05) is 0 Å². The first-order valence-corrected chi connectivity index (χ1v) is 5.12. The SMILES string of the molecule is COC(=O)c1cc(Oc2cccnc2)ncc1N. The van der Waals surface area contributed by atoms with Crippen LogP contribution in [-0.4, -0.2) is 23.0 Å². The normalized spacial score (nSPS) is 9.83. The summed E-state index contributed by atoms with van der Waals surface area (Å²) in [6.45, 7) is 0. The van der Waals surface area contributed by atoms with Crippen molar-refractivity contribution < 1.29 is 14.3 Å². The topological polar surface area (TPSA) is 87.3 Å². The molecule has 0 saturated carbocycles. The summed E-state index contributed by atoms with van der Waals surface area (Å²) in [5, 5.41) is 0. The van der Waals surface area contributed by atoms with E-state index < -0.39 is 5.97 Å². The van der Waals surface area contributed by atoms with Crippen LogP contribution in [0.15, 0.2) is 36.8 Å². The molecule has 2 rings (SSSR count). The molecule has 0 fully saturated rings. The Labute approximate surface area is 103 Å². The number of esters is 1.